The summed E-state index contributed by atoms with van der Waals surface area (Å²) in [6.45, 7) is 1.84. The van der Waals surface area contributed by atoms with Crippen molar-refractivity contribution in [1.82, 2.24) is 10.4 Å². The molecule has 0 aliphatic heterocycles. The summed E-state index contributed by atoms with van der Waals surface area (Å²) < 4.78 is 0. The van der Waals surface area contributed by atoms with Crippen molar-refractivity contribution in [2.24, 2.45) is 5.10 Å². The molecule has 2 aromatic rings. The zero-order chi connectivity index (χ0) is 15.2. The molecule has 0 bridgehead atoms. The maximum Gasteiger partial charge on any atom is 0.191 e. The summed E-state index contributed by atoms with van der Waals surface area (Å²) in [7, 11) is 0. The largest absolute Gasteiger partial charge is 0.330 e. The first-order valence-corrected chi connectivity index (χ1v) is 7.20. The molecule has 1 aromatic carbocycles. The Hall–Kier alpha value is -1.69. The molecule has 4 nitrogen and oxygen atoms in total. The number of aromatic nitrogens is 1. The molecule has 2 N–H and O–H groups in total. The van der Waals surface area contributed by atoms with Crippen molar-refractivity contribution in [1.29, 1.82) is 0 Å². The van der Waals surface area contributed by atoms with E-state index in [4.69, 9.17) is 35.4 Å². The first kappa shape index (κ1) is 15.7. The molecule has 0 fully saturated rings. The zero-order valence-electron chi connectivity index (χ0n) is 11.1. The van der Waals surface area contributed by atoms with Gasteiger partial charge in [0.1, 0.15) is 0 Å². The van der Waals surface area contributed by atoms with E-state index < -0.39 is 0 Å². The molecule has 0 aliphatic rings. The van der Waals surface area contributed by atoms with E-state index in [0.717, 1.165) is 11.4 Å². The fraction of sp³-hybridized carbons (Fsp3) is 0.0714. The molecule has 108 valence electrons. The Kier molecular flexibility index (Phi) is 5.50. The maximum atomic E-state index is 6.05. The predicted octanol–water partition coefficient (Wildman–Crippen LogP) is 4.10. The van der Waals surface area contributed by atoms with E-state index in [0.29, 0.717) is 20.8 Å². The fourth-order valence-corrected chi connectivity index (χ4v) is 2.12. The second-order valence-corrected chi connectivity index (χ2v) is 5.35. The minimum atomic E-state index is 0.328. The van der Waals surface area contributed by atoms with Crippen LogP contribution in [0.2, 0.25) is 10.0 Å². The van der Waals surface area contributed by atoms with Crippen LogP contribution >= 0.6 is 35.4 Å². The van der Waals surface area contributed by atoms with Gasteiger partial charge in [0.25, 0.3) is 0 Å². The van der Waals surface area contributed by atoms with Crippen LogP contribution in [0.1, 0.15) is 12.6 Å². The number of nitrogens with one attached hydrogen (secondary N) is 2. The standard InChI is InChI=1S/C14H12Cl2N4S/c1-9(12-4-2-3-7-17-12)19-20-14(21)18-13-6-5-10(15)8-11(13)16/h2-8H,1H3,(H2,18,20,21)/b19-9-. The molecule has 7 heteroatoms. The second kappa shape index (κ2) is 7.36. The van der Waals surface area contributed by atoms with Gasteiger partial charge < -0.3 is 5.32 Å². The smallest absolute Gasteiger partial charge is 0.191 e. The van der Waals surface area contributed by atoms with Crippen LogP contribution in [0.3, 0.4) is 0 Å². The molecule has 0 amide bonds. The van der Waals surface area contributed by atoms with E-state index in [1.54, 1.807) is 24.4 Å². The molecule has 0 saturated heterocycles. The van der Waals surface area contributed by atoms with Gasteiger partial charge in [0.2, 0.25) is 0 Å². The number of pyridine rings is 1. The van der Waals surface area contributed by atoms with Crippen LogP contribution in [0.15, 0.2) is 47.7 Å². The molecule has 0 spiro atoms. The lowest BCUT2D eigenvalue weighted by Gasteiger charge is -2.09. The SMILES string of the molecule is C/C(=N/NC(=S)Nc1ccc(Cl)cc1Cl)c1ccccn1. The Balaban J connectivity index is 1.99. The Morgan fingerprint density at radius 1 is 1.24 bits per heavy atom. The molecular weight excluding hydrogens is 327 g/mol. The van der Waals surface area contributed by atoms with Crippen LogP contribution in [0.4, 0.5) is 5.69 Å². The van der Waals surface area contributed by atoms with Crippen molar-refractivity contribution in [2.45, 2.75) is 6.92 Å². The van der Waals surface area contributed by atoms with Crippen molar-refractivity contribution in [3.05, 3.63) is 58.3 Å². The van der Waals surface area contributed by atoms with Gasteiger partial charge in [-0.2, -0.15) is 5.10 Å². The van der Waals surface area contributed by atoms with E-state index in [1.165, 1.54) is 0 Å². The molecular formula is C14H12Cl2N4S. The number of halogens is 2. The van der Waals surface area contributed by atoms with Gasteiger partial charge in [-0.25, -0.2) is 0 Å². The van der Waals surface area contributed by atoms with Crippen molar-refractivity contribution in [3.63, 3.8) is 0 Å². The quantitative estimate of drug-likeness (QED) is 0.502. The van der Waals surface area contributed by atoms with Crippen LogP contribution in [0.5, 0.6) is 0 Å². The second-order valence-electron chi connectivity index (χ2n) is 4.10. The summed E-state index contributed by atoms with van der Waals surface area (Å²) in [6, 6.07) is 10.7. The molecule has 0 saturated carbocycles. The van der Waals surface area contributed by atoms with E-state index in [2.05, 4.69) is 20.8 Å². The maximum absolute atomic E-state index is 6.05. The van der Waals surface area contributed by atoms with Gasteiger partial charge in [0, 0.05) is 11.2 Å². The number of nitrogens with zero attached hydrogens (tertiary/aromatic N) is 2. The fourth-order valence-electron chi connectivity index (χ4n) is 1.51. The zero-order valence-corrected chi connectivity index (χ0v) is 13.4. The number of hydrogen-bond acceptors (Lipinski definition) is 3. The number of benzene rings is 1. The summed E-state index contributed by atoms with van der Waals surface area (Å²) in [5.74, 6) is 0. The summed E-state index contributed by atoms with van der Waals surface area (Å²) in [5, 5.41) is 8.49. The minimum Gasteiger partial charge on any atom is -0.330 e. The van der Waals surface area contributed by atoms with Crippen LogP contribution < -0.4 is 10.7 Å². The van der Waals surface area contributed by atoms with Gasteiger partial charge in [0.05, 0.1) is 22.1 Å². The van der Waals surface area contributed by atoms with Crippen molar-refractivity contribution < 1.29 is 0 Å². The van der Waals surface area contributed by atoms with E-state index in [-0.39, 0.29) is 0 Å². The summed E-state index contributed by atoms with van der Waals surface area (Å²) in [4.78, 5) is 4.19. The summed E-state index contributed by atoms with van der Waals surface area (Å²) in [6.07, 6.45) is 1.71. The predicted molar refractivity (Wildman–Crippen MR) is 92.3 cm³/mol. The Bertz CT molecular complexity index is 674. The van der Waals surface area contributed by atoms with Crippen LogP contribution in [0.25, 0.3) is 0 Å². The molecule has 0 unspecified atom stereocenters. The molecule has 2 rings (SSSR count). The number of hydrazone groups is 1. The van der Waals surface area contributed by atoms with Crippen molar-refractivity contribution >= 4 is 51.9 Å². The van der Waals surface area contributed by atoms with Crippen LogP contribution in [-0.2, 0) is 0 Å². The molecule has 1 heterocycles. The van der Waals surface area contributed by atoms with Gasteiger partial charge in [0.15, 0.2) is 5.11 Å². The van der Waals surface area contributed by atoms with Crippen molar-refractivity contribution in [3.8, 4) is 0 Å². The lowest BCUT2D eigenvalue weighted by molar-refractivity contribution is 1.03. The van der Waals surface area contributed by atoms with Gasteiger partial charge in [-0.15, -0.1) is 0 Å². The lowest BCUT2D eigenvalue weighted by Crippen LogP contribution is -2.25. The van der Waals surface area contributed by atoms with E-state index in [1.807, 2.05) is 25.1 Å². The van der Waals surface area contributed by atoms with Crippen LogP contribution in [-0.4, -0.2) is 15.8 Å². The number of thiocarbonyl (C=S) groups is 1. The first-order valence-electron chi connectivity index (χ1n) is 6.04. The monoisotopic (exact) mass is 338 g/mol. The average Bonchev–Trinajstić information content (AvgIpc) is 2.48. The third kappa shape index (κ3) is 4.67. The number of hydrogen-bond donors (Lipinski definition) is 2. The Morgan fingerprint density at radius 2 is 2.05 bits per heavy atom. The molecule has 0 atom stereocenters. The lowest BCUT2D eigenvalue weighted by atomic mass is 10.3. The number of rotatable bonds is 3. The normalized spacial score (nSPS) is 11.1. The third-order valence-corrected chi connectivity index (χ3v) is 3.28. The highest BCUT2D eigenvalue weighted by molar-refractivity contribution is 7.80. The van der Waals surface area contributed by atoms with Crippen molar-refractivity contribution in [2.75, 3.05) is 5.32 Å². The van der Waals surface area contributed by atoms with Gasteiger partial charge in [-0.1, -0.05) is 29.3 Å². The molecule has 0 radical (unpaired) electrons. The summed E-state index contributed by atoms with van der Waals surface area (Å²) >= 11 is 17.0. The Morgan fingerprint density at radius 3 is 2.71 bits per heavy atom. The van der Waals surface area contributed by atoms with Gasteiger partial charge >= 0.3 is 0 Å². The van der Waals surface area contributed by atoms with E-state index >= 15 is 0 Å². The van der Waals surface area contributed by atoms with Crippen LogP contribution in [0, 0.1) is 0 Å². The minimum absolute atomic E-state index is 0.328. The third-order valence-electron chi connectivity index (χ3n) is 2.54. The number of anilines is 1. The highest BCUT2D eigenvalue weighted by atomic mass is 35.5. The van der Waals surface area contributed by atoms with Gasteiger partial charge in [-0.3, -0.25) is 10.4 Å². The summed E-state index contributed by atoms with van der Waals surface area (Å²) in [5.41, 5.74) is 4.90. The molecule has 21 heavy (non-hydrogen) atoms. The first-order chi connectivity index (χ1) is 10.1. The van der Waals surface area contributed by atoms with E-state index in [9.17, 15) is 0 Å². The highest BCUT2D eigenvalue weighted by Gasteiger charge is 2.03. The van der Waals surface area contributed by atoms with Gasteiger partial charge in [-0.05, 0) is 49.5 Å². The highest BCUT2D eigenvalue weighted by Crippen LogP contribution is 2.25. The molecule has 1 aromatic heterocycles. The Labute approximate surface area is 138 Å². The topological polar surface area (TPSA) is 49.3 Å². The molecule has 0 aliphatic carbocycles. The average molecular weight is 339 g/mol.